The lowest BCUT2D eigenvalue weighted by Gasteiger charge is -2.13. The molecule has 11 heteroatoms. The van der Waals surface area contributed by atoms with E-state index < -0.39 is 11.9 Å². The number of nitrogens with zero attached hydrogens (tertiary/aromatic N) is 3. The number of aryl methyl sites for hydroxylation is 1. The number of rotatable bonds is 8. The van der Waals surface area contributed by atoms with Crippen LogP contribution in [0.15, 0.2) is 35.5 Å². The number of hydrogen-bond donors (Lipinski definition) is 2. The van der Waals surface area contributed by atoms with E-state index in [0.29, 0.717) is 30.6 Å². The van der Waals surface area contributed by atoms with Crippen molar-refractivity contribution in [3.8, 4) is 5.75 Å². The van der Waals surface area contributed by atoms with Gasteiger partial charge in [-0.3, -0.25) is 9.67 Å². The largest absolute Gasteiger partial charge is 0.493 e. The number of aliphatic imine (C=N–C) groups is 1. The zero-order chi connectivity index (χ0) is 20.6. The maximum atomic E-state index is 13.0. The Hall–Kier alpha value is -2.02. The van der Waals surface area contributed by atoms with Crippen molar-refractivity contribution in [1.82, 2.24) is 15.1 Å². The van der Waals surface area contributed by atoms with E-state index >= 15 is 0 Å². The molecule has 0 unspecified atom stereocenters. The molecule has 0 bridgehead atoms. The second-order valence-electron chi connectivity index (χ2n) is 5.95. The number of alkyl halides is 3. The summed E-state index contributed by atoms with van der Waals surface area (Å²) in [5, 5.41) is 9.39. The van der Waals surface area contributed by atoms with Crippen molar-refractivity contribution >= 4 is 35.6 Å². The predicted octanol–water partition coefficient (Wildman–Crippen LogP) is 3.66. The smallest absolute Gasteiger partial charge is 0.435 e. The van der Waals surface area contributed by atoms with Crippen molar-refractivity contribution in [2.45, 2.75) is 19.1 Å². The molecule has 2 rings (SSSR count). The number of aromatic nitrogens is 2. The summed E-state index contributed by atoms with van der Waals surface area (Å²) < 4.78 is 50.9. The van der Waals surface area contributed by atoms with Crippen LogP contribution in [0.2, 0.25) is 0 Å². The Morgan fingerprint density at radius 2 is 2.03 bits per heavy atom. The van der Waals surface area contributed by atoms with Gasteiger partial charge >= 0.3 is 6.18 Å². The molecule has 0 saturated heterocycles. The van der Waals surface area contributed by atoms with Gasteiger partial charge in [-0.15, -0.1) is 24.0 Å². The van der Waals surface area contributed by atoms with E-state index in [-0.39, 0.29) is 36.1 Å². The maximum absolute atomic E-state index is 13.0. The zero-order valence-electron chi connectivity index (χ0n) is 16.4. The average Bonchev–Trinajstić information content (AvgIpc) is 3.04. The second kappa shape index (κ2) is 11.9. The van der Waals surface area contributed by atoms with Crippen LogP contribution in [0.3, 0.4) is 0 Å². The molecule has 0 spiro atoms. The molecule has 2 N–H and O–H groups in total. The summed E-state index contributed by atoms with van der Waals surface area (Å²) >= 11 is 0. The van der Waals surface area contributed by atoms with Crippen LogP contribution < -0.4 is 15.4 Å². The van der Waals surface area contributed by atoms with Gasteiger partial charge < -0.3 is 20.1 Å². The Bertz CT molecular complexity index is 796. The molecule has 0 fully saturated rings. The minimum absolute atomic E-state index is 0. The first-order valence-electron chi connectivity index (χ1n) is 8.62. The molecule has 0 amide bonds. The summed E-state index contributed by atoms with van der Waals surface area (Å²) in [4.78, 5) is 4.04. The van der Waals surface area contributed by atoms with Crippen LogP contribution in [-0.2, 0) is 24.5 Å². The highest BCUT2D eigenvalue weighted by molar-refractivity contribution is 14.0. The zero-order valence-corrected chi connectivity index (χ0v) is 18.7. The number of ether oxygens (including phenoxy) is 2. The third-order valence-corrected chi connectivity index (χ3v) is 3.70. The second-order valence-corrected chi connectivity index (χ2v) is 5.95. The standard InChI is InChI=1S/C18H24F3N5O2.HI/c1-22-17(23-11-13-12-26(2)25-16(13)18(19,20)21)24-14-6-4-7-15(10-14)28-9-5-8-27-3;/h4,6-7,10,12H,5,8-9,11H2,1-3H3,(H2,22,23,24);1H. The SMILES string of the molecule is CN=C(NCc1cn(C)nc1C(F)(F)F)Nc1cccc(OCCCOC)c1.I. The van der Waals surface area contributed by atoms with Crippen LogP contribution in [0.1, 0.15) is 17.7 Å². The average molecular weight is 527 g/mol. The molecule has 0 aliphatic carbocycles. The van der Waals surface area contributed by atoms with Gasteiger partial charge in [-0.1, -0.05) is 6.07 Å². The highest BCUT2D eigenvalue weighted by Gasteiger charge is 2.36. The molecule has 0 aliphatic heterocycles. The van der Waals surface area contributed by atoms with Gasteiger partial charge in [0.15, 0.2) is 11.7 Å². The van der Waals surface area contributed by atoms with Gasteiger partial charge in [0.2, 0.25) is 0 Å². The lowest BCUT2D eigenvalue weighted by Crippen LogP contribution is -2.30. The Labute approximate surface area is 184 Å². The van der Waals surface area contributed by atoms with Crippen molar-refractivity contribution in [2.24, 2.45) is 12.0 Å². The quantitative estimate of drug-likeness (QED) is 0.238. The topological polar surface area (TPSA) is 72.7 Å². The van der Waals surface area contributed by atoms with Gasteiger partial charge in [-0.05, 0) is 12.1 Å². The van der Waals surface area contributed by atoms with Gasteiger partial charge in [0, 0.05) is 64.3 Å². The summed E-state index contributed by atoms with van der Waals surface area (Å²) in [6, 6.07) is 7.22. The van der Waals surface area contributed by atoms with Gasteiger partial charge in [-0.25, -0.2) is 0 Å². The first-order chi connectivity index (χ1) is 13.3. The molecule has 0 saturated carbocycles. The molecule has 0 radical (unpaired) electrons. The summed E-state index contributed by atoms with van der Waals surface area (Å²) in [6.45, 7) is 1.06. The van der Waals surface area contributed by atoms with Crippen LogP contribution in [0.4, 0.5) is 18.9 Å². The van der Waals surface area contributed by atoms with Gasteiger partial charge in [0.05, 0.1) is 6.61 Å². The first kappa shape index (κ1) is 25.0. The number of anilines is 1. The molecule has 0 atom stereocenters. The number of hydrogen-bond acceptors (Lipinski definition) is 4. The summed E-state index contributed by atoms with van der Waals surface area (Å²) in [6.07, 6.45) is -2.41. The fourth-order valence-electron chi connectivity index (χ4n) is 2.46. The third-order valence-electron chi connectivity index (χ3n) is 3.70. The minimum Gasteiger partial charge on any atom is -0.493 e. The van der Waals surface area contributed by atoms with E-state index in [9.17, 15) is 13.2 Å². The molecule has 1 heterocycles. The summed E-state index contributed by atoms with van der Waals surface area (Å²) in [5.41, 5.74) is -0.183. The Morgan fingerprint density at radius 1 is 1.28 bits per heavy atom. The highest BCUT2D eigenvalue weighted by Crippen LogP contribution is 2.30. The van der Waals surface area contributed by atoms with Crippen LogP contribution >= 0.6 is 24.0 Å². The van der Waals surface area contributed by atoms with E-state index in [1.807, 2.05) is 12.1 Å². The molecule has 2 aromatic rings. The van der Waals surface area contributed by atoms with Gasteiger partial charge in [0.1, 0.15) is 5.75 Å². The minimum atomic E-state index is -4.51. The lowest BCUT2D eigenvalue weighted by molar-refractivity contribution is -0.142. The van der Waals surface area contributed by atoms with E-state index in [0.717, 1.165) is 11.1 Å². The predicted molar refractivity (Wildman–Crippen MR) is 116 cm³/mol. The Kier molecular flexibility index (Phi) is 10.2. The highest BCUT2D eigenvalue weighted by atomic mass is 127. The van der Waals surface area contributed by atoms with Crippen molar-refractivity contribution < 1.29 is 22.6 Å². The molecule has 1 aromatic carbocycles. The molecule has 7 nitrogen and oxygen atoms in total. The van der Waals surface area contributed by atoms with Crippen LogP contribution in [-0.4, -0.2) is 43.1 Å². The van der Waals surface area contributed by atoms with Crippen molar-refractivity contribution in [3.05, 3.63) is 41.7 Å². The van der Waals surface area contributed by atoms with Crippen molar-refractivity contribution in [1.29, 1.82) is 0 Å². The first-order valence-corrected chi connectivity index (χ1v) is 8.62. The summed E-state index contributed by atoms with van der Waals surface area (Å²) in [5.74, 6) is 0.997. The number of methoxy groups -OCH3 is 1. The van der Waals surface area contributed by atoms with E-state index in [4.69, 9.17) is 9.47 Å². The summed E-state index contributed by atoms with van der Waals surface area (Å²) in [7, 11) is 4.62. The van der Waals surface area contributed by atoms with E-state index in [2.05, 4.69) is 20.7 Å². The molecule has 0 aliphatic rings. The number of benzene rings is 1. The molecule has 162 valence electrons. The maximum Gasteiger partial charge on any atom is 0.435 e. The van der Waals surface area contributed by atoms with Gasteiger partial charge in [-0.2, -0.15) is 18.3 Å². The Morgan fingerprint density at radius 3 is 2.69 bits per heavy atom. The van der Waals surface area contributed by atoms with E-state index in [1.54, 1.807) is 19.2 Å². The lowest BCUT2D eigenvalue weighted by atomic mass is 10.2. The molecule has 29 heavy (non-hydrogen) atoms. The molecular formula is C18H25F3IN5O2. The fraction of sp³-hybridized carbons (Fsp3) is 0.444. The third kappa shape index (κ3) is 8.09. The van der Waals surface area contributed by atoms with Crippen molar-refractivity contribution in [3.63, 3.8) is 0 Å². The molecular weight excluding hydrogens is 502 g/mol. The van der Waals surface area contributed by atoms with Crippen LogP contribution in [0.25, 0.3) is 0 Å². The number of guanidine groups is 1. The fourth-order valence-corrected chi connectivity index (χ4v) is 2.46. The van der Waals surface area contributed by atoms with E-state index in [1.165, 1.54) is 20.3 Å². The number of nitrogens with one attached hydrogen (secondary N) is 2. The van der Waals surface area contributed by atoms with Crippen LogP contribution in [0, 0.1) is 0 Å². The Balaban J connectivity index is 0.00000420. The molecule has 1 aromatic heterocycles. The van der Waals surface area contributed by atoms with Crippen LogP contribution in [0.5, 0.6) is 5.75 Å². The number of halogens is 4. The van der Waals surface area contributed by atoms with Gasteiger partial charge in [0.25, 0.3) is 0 Å². The van der Waals surface area contributed by atoms with Crippen molar-refractivity contribution in [2.75, 3.05) is 32.7 Å². The monoisotopic (exact) mass is 527 g/mol. The normalized spacial score (nSPS) is 11.7.